The predicted octanol–water partition coefficient (Wildman–Crippen LogP) is 0.785. The minimum absolute atomic E-state index is 0.394. The number of anilines is 1. The van der Waals surface area contributed by atoms with Crippen molar-refractivity contribution in [2.45, 2.75) is 43.9 Å². The third kappa shape index (κ3) is 3.12. The fourth-order valence-electron chi connectivity index (χ4n) is 3.46. The van der Waals surface area contributed by atoms with Crippen LogP contribution in [0.1, 0.15) is 25.6 Å². The number of nitrogens with one attached hydrogen (secondary N) is 1. The monoisotopic (exact) mass is 385 g/mol. The van der Waals surface area contributed by atoms with E-state index in [-0.39, 0.29) is 0 Å². The van der Waals surface area contributed by atoms with Crippen LogP contribution in [-0.4, -0.2) is 59.8 Å². The summed E-state index contributed by atoms with van der Waals surface area (Å²) in [6.07, 6.45) is -1.27. The summed E-state index contributed by atoms with van der Waals surface area (Å²) in [6, 6.07) is 9.98. The van der Waals surface area contributed by atoms with Crippen LogP contribution in [0.5, 0.6) is 0 Å². The van der Waals surface area contributed by atoms with Crippen molar-refractivity contribution in [3.05, 3.63) is 48.5 Å². The van der Waals surface area contributed by atoms with Gasteiger partial charge in [-0.3, -0.25) is 4.57 Å². The first-order valence-electron chi connectivity index (χ1n) is 9.06. The van der Waals surface area contributed by atoms with Crippen molar-refractivity contribution in [1.82, 2.24) is 19.5 Å². The molecule has 0 aliphatic carbocycles. The summed E-state index contributed by atoms with van der Waals surface area (Å²) in [7, 11) is 0. The Labute approximate surface area is 161 Å². The molecule has 1 aliphatic rings. The Bertz CT molecular complexity index is 961. The highest BCUT2D eigenvalue weighted by atomic mass is 16.6. The first-order chi connectivity index (χ1) is 13.4. The van der Waals surface area contributed by atoms with Gasteiger partial charge in [0, 0.05) is 0 Å². The zero-order valence-corrected chi connectivity index (χ0v) is 15.6. The number of nitrogens with zero attached hydrogens (tertiary/aromatic N) is 4. The van der Waals surface area contributed by atoms with Crippen LogP contribution >= 0.6 is 0 Å². The predicted molar refractivity (Wildman–Crippen MR) is 101 cm³/mol. The molecule has 0 amide bonds. The molecule has 1 aliphatic heterocycles. The lowest BCUT2D eigenvalue weighted by atomic mass is 9.94. The van der Waals surface area contributed by atoms with Gasteiger partial charge in [-0.2, -0.15) is 0 Å². The molecule has 1 aromatic carbocycles. The van der Waals surface area contributed by atoms with Crippen LogP contribution in [0, 0.1) is 0 Å². The molecule has 148 valence electrons. The molecular weight excluding hydrogens is 362 g/mol. The fourth-order valence-corrected chi connectivity index (χ4v) is 3.46. The van der Waals surface area contributed by atoms with Crippen molar-refractivity contribution in [1.29, 1.82) is 0 Å². The van der Waals surface area contributed by atoms with Gasteiger partial charge in [0.2, 0.25) is 0 Å². The van der Waals surface area contributed by atoms with E-state index in [1.54, 1.807) is 4.57 Å². The maximum atomic E-state index is 10.3. The summed E-state index contributed by atoms with van der Waals surface area (Å²) in [5.74, 6) is 0.546. The van der Waals surface area contributed by atoms with Crippen LogP contribution in [0.4, 0.5) is 5.82 Å². The number of hydrogen-bond donors (Lipinski definition) is 4. The minimum atomic E-state index is -1.21. The Balaban J connectivity index is 1.68. The second-order valence-corrected chi connectivity index (χ2v) is 7.39. The van der Waals surface area contributed by atoms with Gasteiger partial charge in [-0.1, -0.05) is 30.3 Å². The number of ether oxygens (including phenoxy) is 1. The standard InChI is InChI=1S/C19H23N5O4/c1-19(2,11-6-4-3-5-7-11)23-16-13-17(21-9-20-16)24(10-22-13)18-15(27)14(26)12(8-25)28-18/h3-7,9-10,12,14-15,18,25-27H,8H2,1-2H3,(H,20,21,23). The lowest BCUT2D eigenvalue weighted by molar-refractivity contribution is -0.0511. The molecule has 4 N–H and O–H groups in total. The summed E-state index contributed by atoms with van der Waals surface area (Å²) in [6.45, 7) is 3.69. The molecule has 2 aromatic heterocycles. The molecule has 0 bridgehead atoms. The van der Waals surface area contributed by atoms with E-state index in [4.69, 9.17) is 4.74 Å². The molecule has 1 fully saturated rings. The van der Waals surface area contributed by atoms with E-state index in [0.717, 1.165) is 5.56 Å². The molecule has 0 spiro atoms. The molecule has 4 rings (SSSR count). The summed E-state index contributed by atoms with van der Waals surface area (Å²) >= 11 is 0. The molecule has 28 heavy (non-hydrogen) atoms. The summed E-state index contributed by atoms with van der Waals surface area (Å²) < 4.78 is 7.13. The van der Waals surface area contributed by atoms with Crippen molar-refractivity contribution < 1.29 is 20.1 Å². The number of aromatic nitrogens is 4. The second-order valence-electron chi connectivity index (χ2n) is 7.39. The van der Waals surface area contributed by atoms with Crippen LogP contribution in [-0.2, 0) is 10.3 Å². The Hall–Kier alpha value is -2.59. The Morgan fingerprint density at radius 3 is 2.54 bits per heavy atom. The average Bonchev–Trinajstić information content (AvgIpc) is 3.24. The van der Waals surface area contributed by atoms with Gasteiger partial charge in [-0.15, -0.1) is 0 Å². The highest BCUT2D eigenvalue weighted by molar-refractivity contribution is 5.83. The lowest BCUT2D eigenvalue weighted by Gasteiger charge is -2.27. The molecule has 3 heterocycles. The highest BCUT2D eigenvalue weighted by Gasteiger charge is 2.44. The normalized spacial score (nSPS) is 25.3. The Kier molecular flexibility index (Phi) is 4.76. The second kappa shape index (κ2) is 7.10. The number of aliphatic hydroxyl groups excluding tert-OH is 3. The molecule has 0 radical (unpaired) electrons. The van der Waals surface area contributed by atoms with Gasteiger partial charge in [0.15, 0.2) is 23.2 Å². The van der Waals surface area contributed by atoms with Gasteiger partial charge >= 0.3 is 0 Å². The summed E-state index contributed by atoms with van der Waals surface area (Å²) in [5.41, 5.74) is 1.65. The molecule has 4 unspecified atom stereocenters. The lowest BCUT2D eigenvalue weighted by Crippen LogP contribution is -2.33. The van der Waals surface area contributed by atoms with E-state index < -0.39 is 36.7 Å². The van der Waals surface area contributed by atoms with Gasteiger partial charge in [0.1, 0.15) is 24.6 Å². The van der Waals surface area contributed by atoms with Crippen LogP contribution < -0.4 is 5.32 Å². The summed E-state index contributed by atoms with van der Waals surface area (Å²) in [4.78, 5) is 13.0. The van der Waals surface area contributed by atoms with Crippen LogP contribution in [0.2, 0.25) is 0 Å². The zero-order chi connectivity index (χ0) is 19.9. The first-order valence-corrected chi connectivity index (χ1v) is 9.06. The first kappa shape index (κ1) is 18.8. The number of imidazole rings is 1. The molecule has 0 saturated carbocycles. The van der Waals surface area contributed by atoms with E-state index in [2.05, 4.69) is 20.3 Å². The van der Waals surface area contributed by atoms with Crippen molar-refractivity contribution in [2.24, 2.45) is 0 Å². The van der Waals surface area contributed by atoms with Gasteiger partial charge in [-0.05, 0) is 19.4 Å². The van der Waals surface area contributed by atoms with E-state index in [1.165, 1.54) is 12.7 Å². The Morgan fingerprint density at radius 1 is 1.11 bits per heavy atom. The van der Waals surface area contributed by atoms with E-state index in [0.29, 0.717) is 17.0 Å². The maximum Gasteiger partial charge on any atom is 0.167 e. The van der Waals surface area contributed by atoms with E-state index >= 15 is 0 Å². The van der Waals surface area contributed by atoms with E-state index in [9.17, 15) is 15.3 Å². The van der Waals surface area contributed by atoms with Crippen molar-refractivity contribution in [2.75, 3.05) is 11.9 Å². The Morgan fingerprint density at radius 2 is 1.86 bits per heavy atom. The SMILES string of the molecule is CC(C)(Nc1ncnc2c1ncn2C1OC(CO)C(O)C1O)c1ccccc1. The molecule has 4 atom stereocenters. The van der Waals surface area contributed by atoms with Gasteiger partial charge in [0.05, 0.1) is 18.5 Å². The van der Waals surface area contributed by atoms with Gasteiger partial charge < -0.3 is 25.4 Å². The number of aliphatic hydroxyl groups is 3. The fraction of sp³-hybridized carbons (Fsp3) is 0.421. The largest absolute Gasteiger partial charge is 0.394 e. The van der Waals surface area contributed by atoms with Crippen molar-refractivity contribution in [3.8, 4) is 0 Å². The maximum absolute atomic E-state index is 10.3. The van der Waals surface area contributed by atoms with E-state index in [1.807, 2.05) is 44.2 Å². The van der Waals surface area contributed by atoms with Crippen LogP contribution in [0.3, 0.4) is 0 Å². The molecule has 9 heteroatoms. The summed E-state index contributed by atoms with van der Waals surface area (Å²) in [5, 5.41) is 33.0. The number of rotatable bonds is 5. The van der Waals surface area contributed by atoms with Gasteiger partial charge in [-0.25, -0.2) is 15.0 Å². The van der Waals surface area contributed by atoms with Crippen LogP contribution in [0.25, 0.3) is 11.2 Å². The molecular formula is C19H23N5O4. The minimum Gasteiger partial charge on any atom is -0.394 e. The zero-order valence-electron chi connectivity index (χ0n) is 15.6. The van der Waals surface area contributed by atoms with Crippen molar-refractivity contribution >= 4 is 17.0 Å². The third-order valence-corrected chi connectivity index (χ3v) is 5.08. The van der Waals surface area contributed by atoms with Crippen molar-refractivity contribution in [3.63, 3.8) is 0 Å². The quantitative estimate of drug-likeness (QED) is 0.508. The average molecular weight is 385 g/mol. The number of fused-ring (bicyclic) bond motifs is 1. The third-order valence-electron chi connectivity index (χ3n) is 5.08. The molecule has 1 saturated heterocycles. The topological polar surface area (TPSA) is 126 Å². The molecule has 3 aromatic rings. The number of benzene rings is 1. The molecule has 9 nitrogen and oxygen atoms in total. The smallest absolute Gasteiger partial charge is 0.167 e. The van der Waals surface area contributed by atoms with Crippen LogP contribution in [0.15, 0.2) is 43.0 Å². The number of hydrogen-bond acceptors (Lipinski definition) is 8. The van der Waals surface area contributed by atoms with Gasteiger partial charge in [0.25, 0.3) is 0 Å². The highest BCUT2D eigenvalue weighted by Crippen LogP contribution is 2.33.